The minimum Gasteiger partial charge on any atom is -0.272 e. The number of amides is 2. The van der Waals surface area contributed by atoms with E-state index in [0.717, 1.165) is 5.56 Å². The van der Waals surface area contributed by atoms with Crippen LogP contribution in [-0.4, -0.2) is 11.8 Å². The van der Waals surface area contributed by atoms with Crippen LogP contribution in [0.25, 0.3) is 0 Å². The number of hydrogen-bond acceptors (Lipinski definition) is 2. The topological polar surface area (TPSA) is 58.2 Å². The Morgan fingerprint density at radius 1 is 0.909 bits per heavy atom. The average Bonchev–Trinajstić information content (AvgIpc) is 2.53. The SMILES string of the molecule is CC(C)(C(=O)NNC(=O)c1ccc(Cl)cc1)c1ccccc1. The molecule has 2 aromatic rings. The molecule has 2 amide bonds. The molecule has 2 aromatic carbocycles. The molecule has 0 radical (unpaired) electrons. The van der Waals surface area contributed by atoms with E-state index in [0.29, 0.717) is 10.6 Å². The van der Waals surface area contributed by atoms with Crippen molar-refractivity contribution in [2.75, 3.05) is 0 Å². The maximum absolute atomic E-state index is 12.3. The van der Waals surface area contributed by atoms with Crippen LogP contribution in [0, 0.1) is 0 Å². The quantitative estimate of drug-likeness (QED) is 0.855. The van der Waals surface area contributed by atoms with Gasteiger partial charge in [0.2, 0.25) is 5.91 Å². The van der Waals surface area contributed by atoms with Crippen molar-refractivity contribution in [3.8, 4) is 0 Å². The fourth-order valence-electron chi connectivity index (χ4n) is 1.93. The van der Waals surface area contributed by atoms with E-state index in [9.17, 15) is 9.59 Å². The molecule has 0 heterocycles. The van der Waals surface area contributed by atoms with Gasteiger partial charge in [-0.05, 0) is 43.7 Å². The number of hydrogen-bond donors (Lipinski definition) is 2. The molecule has 0 aliphatic carbocycles. The predicted octanol–water partition coefficient (Wildman–Crippen LogP) is 3.08. The Labute approximate surface area is 134 Å². The van der Waals surface area contributed by atoms with Gasteiger partial charge in [0.15, 0.2) is 0 Å². The summed E-state index contributed by atoms with van der Waals surface area (Å²) in [7, 11) is 0. The van der Waals surface area contributed by atoms with Gasteiger partial charge in [-0.25, -0.2) is 0 Å². The highest BCUT2D eigenvalue weighted by Gasteiger charge is 2.29. The van der Waals surface area contributed by atoms with Gasteiger partial charge in [-0.15, -0.1) is 0 Å². The van der Waals surface area contributed by atoms with Crippen molar-refractivity contribution in [1.29, 1.82) is 0 Å². The van der Waals surface area contributed by atoms with Gasteiger partial charge in [-0.3, -0.25) is 20.4 Å². The lowest BCUT2D eigenvalue weighted by molar-refractivity contribution is -0.126. The third-order valence-electron chi connectivity index (χ3n) is 3.46. The van der Waals surface area contributed by atoms with E-state index in [2.05, 4.69) is 10.9 Å². The highest BCUT2D eigenvalue weighted by Crippen LogP contribution is 2.22. The molecule has 0 fully saturated rings. The van der Waals surface area contributed by atoms with Crippen LogP contribution in [0.5, 0.6) is 0 Å². The molecule has 2 N–H and O–H groups in total. The van der Waals surface area contributed by atoms with Crippen molar-refractivity contribution in [3.05, 3.63) is 70.7 Å². The summed E-state index contributed by atoms with van der Waals surface area (Å²) in [5, 5.41) is 0.547. The van der Waals surface area contributed by atoms with Gasteiger partial charge in [0, 0.05) is 10.6 Å². The van der Waals surface area contributed by atoms with E-state index < -0.39 is 11.3 Å². The molecule has 0 bridgehead atoms. The third-order valence-corrected chi connectivity index (χ3v) is 3.71. The number of carbonyl (C=O) groups is 2. The minimum absolute atomic E-state index is 0.291. The summed E-state index contributed by atoms with van der Waals surface area (Å²) in [5.74, 6) is -0.685. The first-order valence-electron chi connectivity index (χ1n) is 6.83. The fourth-order valence-corrected chi connectivity index (χ4v) is 2.06. The summed E-state index contributed by atoms with van der Waals surface area (Å²) >= 11 is 5.77. The Morgan fingerprint density at radius 3 is 2.09 bits per heavy atom. The van der Waals surface area contributed by atoms with E-state index in [1.807, 2.05) is 30.3 Å². The van der Waals surface area contributed by atoms with Crippen molar-refractivity contribution >= 4 is 23.4 Å². The smallest absolute Gasteiger partial charge is 0.269 e. The molecule has 114 valence electrons. The highest BCUT2D eigenvalue weighted by molar-refractivity contribution is 6.30. The van der Waals surface area contributed by atoms with Crippen molar-refractivity contribution in [3.63, 3.8) is 0 Å². The normalized spacial score (nSPS) is 10.9. The lowest BCUT2D eigenvalue weighted by Gasteiger charge is -2.24. The fraction of sp³-hybridized carbons (Fsp3) is 0.176. The van der Waals surface area contributed by atoms with E-state index >= 15 is 0 Å². The molecule has 0 unspecified atom stereocenters. The van der Waals surface area contributed by atoms with Crippen LogP contribution < -0.4 is 10.9 Å². The second-order valence-electron chi connectivity index (χ2n) is 5.41. The molecule has 22 heavy (non-hydrogen) atoms. The molecule has 0 aromatic heterocycles. The van der Waals surface area contributed by atoms with Crippen molar-refractivity contribution < 1.29 is 9.59 Å². The number of hydrazine groups is 1. The molecule has 4 nitrogen and oxygen atoms in total. The molecular weight excluding hydrogens is 300 g/mol. The first-order chi connectivity index (χ1) is 10.4. The van der Waals surface area contributed by atoms with Crippen molar-refractivity contribution in [2.24, 2.45) is 0 Å². The van der Waals surface area contributed by atoms with Crippen LogP contribution in [0.15, 0.2) is 54.6 Å². The van der Waals surface area contributed by atoms with Gasteiger partial charge in [0.1, 0.15) is 0 Å². The number of benzene rings is 2. The summed E-state index contributed by atoms with van der Waals surface area (Å²) in [6.07, 6.45) is 0. The molecule has 5 heteroatoms. The van der Waals surface area contributed by atoms with Gasteiger partial charge in [0.25, 0.3) is 5.91 Å². The van der Waals surface area contributed by atoms with Crippen LogP contribution in [0.3, 0.4) is 0 Å². The Bertz CT molecular complexity index is 667. The molecule has 2 rings (SSSR count). The molecule has 0 spiro atoms. The monoisotopic (exact) mass is 316 g/mol. The number of nitrogens with one attached hydrogen (secondary N) is 2. The van der Waals surface area contributed by atoms with Gasteiger partial charge in [-0.1, -0.05) is 41.9 Å². The van der Waals surface area contributed by atoms with Gasteiger partial charge in [0.05, 0.1) is 5.41 Å². The van der Waals surface area contributed by atoms with E-state index in [4.69, 9.17) is 11.6 Å². The van der Waals surface area contributed by atoms with Gasteiger partial charge in [-0.2, -0.15) is 0 Å². The Hall–Kier alpha value is -2.33. The maximum atomic E-state index is 12.3. The highest BCUT2D eigenvalue weighted by atomic mass is 35.5. The first kappa shape index (κ1) is 16.0. The first-order valence-corrected chi connectivity index (χ1v) is 7.21. The van der Waals surface area contributed by atoms with Crippen LogP contribution in [-0.2, 0) is 10.2 Å². The lowest BCUT2D eigenvalue weighted by Crippen LogP contribution is -2.49. The lowest BCUT2D eigenvalue weighted by atomic mass is 9.84. The van der Waals surface area contributed by atoms with Crippen LogP contribution >= 0.6 is 11.6 Å². The molecule has 0 atom stereocenters. The van der Waals surface area contributed by atoms with Crippen LogP contribution in [0.4, 0.5) is 0 Å². The zero-order valence-corrected chi connectivity index (χ0v) is 13.1. The van der Waals surface area contributed by atoms with E-state index in [1.54, 1.807) is 38.1 Å². The van der Waals surface area contributed by atoms with E-state index in [1.165, 1.54) is 0 Å². The summed E-state index contributed by atoms with van der Waals surface area (Å²) in [6, 6.07) is 15.8. The Morgan fingerprint density at radius 2 is 1.50 bits per heavy atom. The molecule has 0 aliphatic rings. The van der Waals surface area contributed by atoms with Crippen LogP contribution in [0.1, 0.15) is 29.8 Å². The zero-order valence-electron chi connectivity index (χ0n) is 12.4. The van der Waals surface area contributed by atoms with Gasteiger partial charge < -0.3 is 0 Å². The minimum atomic E-state index is -0.755. The second-order valence-corrected chi connectivity index (χ2v) is 5.84. The summed E-state index contributed by atoms with van der Waals surface area (Å²) in [6.45, 7) is 3.60. The zero-order chi connectivity index (χ0) is 16.2. The Balaban J connectivity index is 2.00. The van der Waals surface area contributed by atoms with E-state index in [-0.39, 0.29) is 5.91 Å². The predicted molar refractivity (Wildman–Crippen MR) is 86.5 cm³/mol. The number of halogens is 1. The standard InChI is InChI=1S/C17H17ClN2O2/c1-17(2,13-6-4-3-5-7-13)16(22)20-19-15(21)12-8-10-14(18)11-9-12/h3-11H,1-2H3,(H,19,21)(H,20,22). The second kappa shape index (κ2) is 6.62. The molecular formula is C17H17ClN2O2. The molecule has 0 aliphatic heterocycles. The summed E-state index contributed by atoms with van der Waals surface area (Å²) in [5.41, 5.74) is 5.41. The number of carbonyl (C=O) groups excluding carboxylic acids is 2. The van der Waals surface area contributed by atoms with Gasteiger partial charge >= 0.3 is 0 Å². The maximum Gasteiger partial charge on any atom is 0.269 e. The largest absolute Gasteiger partial charge is 0.272 e. The molecule has 0 saturated carbocycles. The Kier molecular flexibility index (Phi) is 4.83. The van der Waals surface area contributed by atoms with Crippen LogP contribution in [0.2, 0.25) is 5.02 Å². The average molecular weight is 317 g/mol. The summed E-state index contributed by atoms with van der Waals surface area (Å²) < 4.78 is 0. The van der Waals surface area contributed by atoms with Crippen molar-refractivity contribution in [2.45, 2.75) is 19.3 Å². The molecule has 0 saturated heterocycles. The van der Waals surface area contributed by atoms with Crippen molar-refractivity contribution in [1.82, 2.24) is 10.9 Å². The number of rotatable bonds is 3. The summed E-state index contributed by atoms with van der Waals surface area (Å²) in [4.78, 5) is 24.3. The third kappa shape index (κ3) is 3.65.